The van der Waals surface area contributed by atoms with Crippen LogP contribution in [-0.4, -0.2) is 216 Å². The van der Waals surface area contributed by atoms with Crippen LogP contribution in [0.2, 0.25) is 0 Å². The number of anilines is 2. The second-order valence-corrected chi connectivity index (χ2v) is 40.3. The molecular weight excluding hydrogens is 1650 g/mol. The van der Waals surface area contributed by atoms with Crippen LogP contribution in [0.5, 0.6) is 23.0 Å². The van der Waals surface area contributed by atoms with Gasteiger partial charge in [-0.1, -0.05) is 36.4 Å². The van der Waals surface area contributed by atoms with E-state index in [4.69, 9.17) is 49.5 Å². The second-order valence-electron chi connectivity index (χ2n) is 40.0. The van der Waals surface area contributed by atoms with Crippen LogP contribution in [0.15, 0.2) is 82.8 Å². The van der Waals surface area contributed by atoms with E-state index in [-0.39, 0.29) is 107 Å². The number of likely N-dealkylation sites (tertiary alicyclic amines) is 2. The molecular formula is C92H131ClFN12O20+. The molecule has 2 saturated carbocycles. The molecule has 4 aliphatic carbocycles. The maximum atomic E-state index is 14.1. The number of ether oxygens (including phenoxy) is 8. The molecule has 0 radical (unpaired) electrons. The van der Waals surface area contributed by atoms with Crippen molar-refractivity contribution in [3.8, 4) is 23.0 Å². The number of amides is 8. The number of alkyl carbamates (subject to hydrolysis) is 6. The van der Waals surface area contributed by atoms with E-state index < -0.39 is 93.8 Å². The number of nitrogens with one attached hydrogen (secondary N) is 6. The van der Waals surface area contributed by atoms with Crippen molar-refractivity contribution in [2.24, 2.45) is 21.8 Å². The number of likely N-dealkylation sites (N-methyl/N-ethyl adjacent to an activating group) is 4. The number of alkyl halides is 1. The molecule has 2 saturated heterocycles. The van der Waals surface area contributed by atoms with Gasteiger partial charge in [0.1, 0.15) is 52.2 Å². The summed E-state index contributed by atoms with van der Waals surface area (Å²) >= 11 is 5.87. The third-order valence-corrected chi connectivity index (χ3v) is 23.8. The molecule has 32 nitrogen and oxygen atoms in total. The molecule has 2 spiro atoms. The summed E-state index contributed by atoms with van der Waals surface area (Å²) in [5.41, 5.74) is 2.59. The number of piperidine rings is 2. The number of Topliss-reactive ketones (excluding diaryl/α,β-unsaturated/α-hetero) is 2. The second kappa shape index (κ2) is 39.0. The molecule has 126 heavy (non-hydrogen) atoms. The van der Waals surface area contributed by atoms with Gasteiger partial charge in [0.05, 0.1) is 25.0 Å². The minimum absolute atomic E-state index is 0. The number of quaternary nitrogens is 1. The Labute approximate surface area is 743 Å². The molecule has 0 aromatic heterocycles. The van der Waals surface area contributed by atoms with E-state index in [1.54, 1.807) is 163 Å². The fourth-order valence-corrected chi connectivity index (χ4v) is 18.7. The minimum Gasteiger partial charge on any atom is -0.504 e. The SMILES string of the molecule is CN(C(=O)[C@H](CCCN=C(NC(=O)OC(C)(C)C)NC(=O)OC(C)(C)C)NC(=O)OC(C)(C)C)c1ccc(CCl)cc1.CN(C(=O)[C@H](CCCN=C(NC(=O)OC(C)(C)C)NC(=O)OC(C)(C)C)NC(=O)OC(C)(C)C)c1ccc(C[N@@+]2(C)CC[C@]34c5c6ccc(O)c5OC3C(=O)CC[C@H]4[C@H]2C6)cc1.CN1CC[C@]23c4c5ccc(O)c4OC2C(=O)CC[C@H]3[C@H]1C5.F. The number of rotatable bonds is 17. The summed E-state index contributed by atoms with van der Waals surface area (Å²) in [6, 6.07) is 21.3. The van der Waals surface area contributed by atoms with Gasteiger partial charge in [-0.25, -0.2) is 28.8 Å². The molecule has 8 aliphatic rings. The van der Waals surface area contributed by atoms with Crippen LogP contribution in [0.1, 0.15) is 222 Å². The highest BCUT2D eigenvalue weighted by molar-refractivity contribution is 6.17. The molecule has 4 aliphatic heterocycles. The van der Waals surface area contributed by atoms with Crippen molar-refractivity contribution in [3.05, 3.63) is 106 Å². The zero-order valence-electron chi connectivity index (χ0n) is 77.0. The van der Waals surface area contributed by atoms with Gasteiger partial charge in [-0.2, -0.15) is 0 Å². The van der Waals surface area contributed by atoms with Crippen LogP contribution >= 0.6 is 11.6 Å². The lowest BCUT2D eigenvalue weighted by Crippen LogP contribution is -2.71. The highest BCUT2D eigenvalue weighted by Gasteiger charge is 2.70. The van der Waals surface area contributed by atoms with Gasteiger partial charge in [0.15, 0.2) is 46.8 Å². The molecule has 4 bridgehead atoms. The first-order chi connectivity index (χ1) is 58.1. The molecule has 12 rings (SSSR count). The molecule has 692 valence electrons. The summed E-state index contributed by atoms with van der Waals surface area (Å²) in [5.74, 6) is 1.70. The number of hydrogen-bond donors (Lipinski definition) is 8. The Kier molecular flexibility index (Phi) is 30.7. The summed E-state index contributed by atoms with van der Waals surface area (Å²) < 4.78 is 45.2. The van der Waals surface area contributed by atoms with E-state index >= 15 is 0 Å². The highest BCUT2D eigenvalue weighted by Crippen LogP contribution is 2.65. The van der Waals surface area contributed by atoms with Gasteiger partial charge >= 0.3 is 36.6 Å². The Balaban J connectivity index is 0.000000239. The molecule has 11 atom stereocenters. The predicted molar refractivity (Wildman–Crippen MR) is 474 cm³/mol. The number of carbonyl (C=O) groups is 10. The van der Waals surface area contributed by atoms with Crippen LogP contribution in [0.25, 0.3) is 0 Å². The largest absolute Gasteiger partial charge is 0.504 e. The lowest BCUT2D eigenvalue weighted by molar-refractivity contribution is -0.957. The number of hydrogen-bond acceptors (Lipinski definition) is 23. The lowest BCUT2D eigenvalue weighted by Gasteiger charge is -2.60. The number of nitrogens with zero attached hydrogens (tertiary/aromatic N) is 6. The molecule has 4 heterocycles. The zero-order chi connectivity index (χ0) is 92.2. The summed E-state index contributed by atoms with van der Waals surface area (Å²) in [6.07, 6.45) is 1.63. The molecule has 4 fully saturated rings. The van der Waals surface area contributed by atoms with Crippen molar-refractivity contribution < 1.29 is 105 Å². The van der Waals surface area contributed by atoms with Gasteiger partial charge < -0.3 is 77.9 Å². The summed E-state index contributed by atoms with van der Waals surface area (Å²) in [5, 5.41) is 36.0. The topological polar surface area (TPSA) is 392 Å². The number of halogens is 2. The summed E-state index contributed by atoms with van der Waals surface area (Å²) in [7, 11) is 7.76. The maximum absolute atomic E-state index is 14.1. The van der Waals surface area contributed by atoms with E-state index in [0.29, 0.717) is 60.0 Å². The van der Waals surface area contributed by atoms with Crippen molar-refractivity contribution in [2.45, 2.75) is 295 Å². The first-order valence-electron chi connectivity index (χ1n) is 43.1. The highest BCUT2D eigenvalue weighted by atomic mass is 35.5. The molecule has 4 aromatic carbocycles. The Morgan fingerprint density at radius 2 is 0.881 bits per heavy atom. The first kappa shape index (κ1) is 99.2. The monoisotopic (exact) mass is 1780 g/mol. The van der Waals surface area contributed by atoms with Crippen LogP contribution in [0.4, 0.5) is 44.8 Å². The molecule has 8 N–H and O–H groups in total. The smallest absolute Gasteiger partial charge is 0.414 e. The Hall–Kier alpha value is -10.5. The third kappa shape index (κ3) is 24.2. The quantitative estimate of drug-likeness (QED) is 0.0122. The van der Waals surface area contributed by atoms with E-state index in [2.05, 4.69) is 60.9 Å². The van der Waals surface area contributed by atoms with E-state index in [1.165, 1.54) is 15.4 Å². The number of aromatic hydroxyl groups is 2. The van der Waals surface area contributed by atoms with Gasteiger partial charge in [-0.05, 0) is 249 Å². The zero-order valence-corrected chi connectivity index (χ0v) is 77.7. The molecule has 2 unspecified atom stereocenters. The van der Waals surface area contributed by atoms with E-state index in [0.717, 1.165) is 90.5 Å². The summed E-state index contributed by atoms with van der Waals surface area (Å²) in [4.78, 5) is 143. The van der Waals surface area contributed by atoms with Crippen molar-refractivity contribution in [1.82, 2.24) is 36.8 Å². The number of benzene rings is 4. The van der Waals surface area contributed by atoms with Crippen LogP contribution < -0.4 is 51.2 Å². The number of phenolic OH excluding ortho intramolecular Hbond substituents is 2. The number of ketones is 2. The van der Waals surface area contributed by atoms with Gasteiger partial charge in [-0.15, -0.1) is 11.6 Å². The number of carbonyl (C=O) groups excluding carboxylic acids is 10. The van der Waals surface area contributed by atoms with Crippen molar-refractivity contribution in [3.63, 3.8) is 0 Å². The first-order valence-corrected chi connectivity index (χ1v) is 43.6. The van der Waals surface area contributed by atoms with Crippen LogP contribution in [0, 0.1) is 11.8 Å². The van der Waals surface area contributed by atoms with Crippen molar-refractivity contribution in [2.75, 3.05) is 64.2 Å². The predicted octanol–water partition coefficient (Wildman–Crippen LogP) is 13.6. The number of guanidine groups is 2. The van der Waals surface area contributed by atoms with E-state index in [9.17, 15) is 58.2 Å². The molecule has 4 aromatic rings. The van der Waals surface area contributed by atoms with Crippen LogP contribution in [0.3, 0.4) is 0 Å². The van der Waals surface area contributed by atoms with Gasteiger partial charge in [0.2, 0.25) is 23.7 Å². The number of aliphatic imine (C=N–C) groups is 2. The van der Waals surface area contributed by atoms with Crippen molar-refractivity contribution in [1.29, 1.82) is 0 Å². The van der Waals surface area contributed by atoms with Gasteiger partial charge in [-0.3, -0.25) is 55.1 Å². The lowest BCUT2D eigenvalue weighted by atomic mass is 9.51. The average molecular weight is 1780 g/mol. The molecule has 8 amide bonds. The van der Waals surface area contributed by atoms with E-state index in [1.807, 2.05) is 48.5 Å². The normalized spacial score (nSPS) is 22.6. The van der Waals surface area contributed by atoms with Crippen LogP contribution in [-0.2, 0) is 83.7 Å². The summed E-state index contributed by atoms with van der Waals surface area (Å²) in [6.45, 7) is 33.5. The van der Waals surface area contributed by atoms with Gasteiger partial charge in [0.25, 0.3) is 0 Å². The Morgan fingerprint density at radius 1 is 0.524 bits per heavy atom. The van der Waals surface area contributed by atoms with Crippen molar-refractivity contribution >= 4 is 94.8 Å². The fraction of sp³-hybridized carbons (Fsp3) is 0.609. The minimum atomic E-state index is -1.00. The Morgan fingerprint density at radius 3 is 1.26 bits per heavy atom. The number of phenols is 2. The Bertz CT molecular complexity index is 4690. The average Bonchev–Trinajstić information content (AvgIpc) is 1.46. The van der Waals surface area contributed by atoms with Gasteiger partial charge in [0, 0.05) is 104 Å². The fourth-order valence-electron chi connectivity index (χ4n) is 18.5. The standard InChI is InChI=1S/C46H64N6O10.C29H46ClN5O7.C17H19NO3.FH/c1-43(2,3)60-40(56)48-31(13-12-23-47-39(49-41(57)61-44(4,5)6)50-42(58)62-45(7,8)9)38(55)51(10)29-17-14-27(15-18-29)26-52(11)24-22-46-30-19-21-34(54)37(46)59-36-33(53)20-16-28(35(36)46)25-32(30)52;1-27(2,3)40-24(37)32-21(22(36)35(10)20-15-13-19(18-30)14-16-20)12-11-17-31-23(33-25(38)41-28(4,5)6)34-26(39)42-29(7,8)9;1-18-7-6-17-10-3-5-13(20)16(17)21-15-12(19)4-2-9(14(15)17)8-11(10)18;/h14-18,20,30-32,37H,12-13,19,21-26H2,1-11H3,(H3-,47,48,49,50,53,56,57,58);13-16,21H,11-12,17-18H2,1-10H3,(H,32,37)(H2,31,33,34,38,39);2,4,10-11,16,19H,3,5-8H2,1H3;1H/p+1/t30-,31-,32+,37?,46-,52+;21-;10-,11+,16?,17-;/m000./s1. The maximum Gasteiger partial charge on any atom is 0.414 e. The molecule has 34 heteroatoms. The third-order valence-electron chi connectivity index (χ3n) is 23.5.